The number of hydrogen-bond donors (Lipinski definition) is 1. The van der Waals surface area contributed by atoms with Crippen LogP contribution < -0.4 is 10.5 Å². The van der Waals surface area contributed by atoms with Crippen molar-refractivity contribution in [1.29, 1.82) is 0 Å². The molecule has 1 saturated heterocycles. The fraction of sp³-hybridized carbons (Fsp3) is 0.292. The van der Waals surface area contributed by atoms with Gasteiger partial charge in [-0.3, -0.25) is 4.79 Å². The van der Waals surface area contributed by atoms with E-state index in [0.29, 0.717) is 13.0 Å². The first kappa shape index (κ1) is 20.8. The van der Waals surface area contributed by atoms with Gasteiger partial charge in [0.15, 0.2) is 0 Å². The number of methoxy groups -OCH3 is 1. The van der Waals surface area contributed by atoms with Gasteiger partial charge in [0.1, 0.15) is 11.6 Å². The highest BCUT2D eigenvalue weighted by Gasteiger charge is 2.28. The van der Waals surface area contributed by atoms with Crippen LogP contribution in [0.2, 0.25) is 0 Å². The lowest BCUT2D eigenvalue weighted by atomic mass is 9.89. The number of nitrogens with two attached hydrogens (primary N) is 1. The molecule has 160 valence electrons. The predicted molar refractivity (Wildman–Crippen MR) is 117 cm³/mol. The summed E-state index contributed by atoms with van der Waals surface area (Å²) in [6, 6.07) is 13.8. The minimum absolute atomic E-state index is 0.0407. The molecule has 0 spiro atoms. The number of likely N-dealkylation sites (tertiary alicyclic amines) is 1. The third kappa shape index (κ3) is 4.82. The molecule has 31 heavy (non-hydrogen) atoms. The fourth-order valence-corrected chi connectivity index (χ4v) is 4.03. The number of nitrogen functional groups attached to an aromatic ring is 1. The SMILES string of the molecule is COc1ccc(CC(=O)N2CCC[C@@H](c3nc(N)ncc3-c3ccc(F)cc3)C2)cc1. The van der Waals surface area contributed by atoms with Crippen LogP contribution in [0.25, 0.3) is 11.1 Å². The zero-order valence-electron chi connectivity index (χ0n) is 17.4. The van der Waals surface area contributed by atoms with Crippen molar-refractivity contribution < 1.29 is 13.9 Å². The van der Waals surface area contributed by atoms with Crippen molar-refractivity contribution in [2.45, 2.75) is 25.2 Å². The van der Waals surface area contributed by atoms with Gasteiger partial charge in [-0.05, 0) is 48.2 Å². The molecular weight excluding hydrogens is 395 g/mol. The zero-order chi connectivity index (χ0) is 21.8. The second kappa shape index (κ2) is 9.12. The van der Waals surface area contributed by atoms with Crippen LogP contribution in [0.1, 0.15) is 30.0 Å². The van der Waals surface area contributed by atoms with Gasteiger partial charge in [-0.25, -0.2) is 14.4 Å². The minimum atomic E-state index is -0.297. The molecule has 1 atom stereocenters. The van der Waals surface area contributed by atoms with Gasteiger partial charge in [-0.15, -0.1) is 0 Å². The summed E-state index contributed by atoms with van der Waals surface area (Å²) in [7, 11) is 1.62. The molecule has 2 N–H and O–H groups in total. The highest BCUT2D eigenvalue weighted by molar-refractivity contribution is 5.79. The Bertz CT molecular complexity index is 1050. The van der Waals surface area contributed by atoms with Crippen molar-refractivity contribution in [1.82, 2.24) is 14.9 Å². The second-order valence-electron chi connectivity index (χ2n) is 7.74. The highest BCUT2D eigenvalue weighted by Crippen LogP contribution is 2.33. The van der Waals surface area contributed by atoms with Crippen molar-refractivity contribution in [3.05, 3.63) is 71.8 Å². The number of rotatable bonds is 5. The maximum atomic E-state index is 13.4. The topological polar surface area (TPSA) is 81.3 Å². The summed E-state index contributed by atoms with van der Waals surface area (Å²) in [6.07, 6.45) is 3.80. The Kier molecular flexibility index (Phi) is 6.11. The van der Waals surface area contributed by atoms with Gasteiger partial charge in [-0.1, -0.05) is 24.3 Å². The maximum Gasteiger partial charge on any atom is 0.227 e. The van der Waals surface area contributed by atoms with Crippen LogP contribution in [0, 0.1) is 5.82 Å². The van der Waals surface area contributed by atoms with E-state index >= 15 is 0 Å². The van der Waals surface area contributed by atoms with Crippen molar-refractivity contribution in [3.8, 4) is 16.9 Å². The monoisotopic (exact) mass is 420 g/mol. The quantitative estimate of drug-likeness (QED) is 0.679. The van der Waals surface area contributed by atoms with Gasteiger partial charge in [-0.2, -0.15) is 0 Å². The van der Waals surface area contributed by atoms with Gasteiger partial charge >= 0.3 is 0 Å². The molecule has 2 aromatic carbocycles. The number of nitrogens with zero attached hydrogens (tertiary/aromatic N) is 3. The average Bonchev–Trinajstić information content (AvgIpc) is 2.80. The smallest absolute Gasteiger partial charge is 0.227 e. The van der Waals surface area contributed by atoms with E-state index in [1.165, 1.54) is 12.1 Å². The fourth-order valence-electron chi connectivity index (χ4n) is 4.03. The molecule has 0 unspecified atom stereocenters. The Morgan fingerprint density at radius 2 is 1.94 bits per heavy atom. The number of carbonyl (C=O) groups is 1. The maximum absolute atomic E-state index is 13.4. The van der Waals surface area contributed by atoms with Crippen LogP contribution in [0.3, 0.4) is 0 Å². The van der Waals surface area contributed by atoms with E-state index in [2.05, 4.69) is 9.97 Å². The van der Waals surface area contributed by atoms with Crippen molar-refractivity contribution >= 4 is 11.9 Å². The Balaban J connectivity index is 1.53. The Morgan fingerprint density at radius 1 is 1.19 bits per heavy atom. The molecule has 2 heterocycles. The third-order valence-electron chi connectivity index (χ3n) is 5.67. The van der Waals surface area contributed by atoms with E-state index in [4.69, 9.17) is 10.5 Å². The van der Waals surface area contributed by atoms with Gasteiger partial charge in [0.2, 0.25) is 11.9 Å². The standard InChI is InChI=1S/C24H25FN4O2/c1-31-20-10-4-16(5-11-20)13-22(30)29-12-2-3-18(15-29)23-21(14-27-24(26)28-23)17-6-8-19(25)9-7-17/h4-11,14,18H,2-3,12-13,15H2,1H3,(H2,26,27,28)/t18-/m1/s1. The summed E-state index contributed by atoms with van der Waals surface area (Å²) in [5.41, 5.74) is 9.29. The summed E-state index contributed by atoms with van der Waals surface area (Å²) < 4.78 is 18.6. The van der Waals surface area contributed by atoms with Crippen LogP contribution in [-0.4, -0.2) is 41.0 Å². The number of aromatic nitrogens is 2. The molecule has 1 amide bonds. The van der Waals surface area contributed by atoms with Crippen molar-refractivity contribution in [2.24, 2.45) is 0 Å². The predicted octanol–water partition coefficient (Wildman–Crippen LogP) is 3.82. The number of ether oxygens (including phenoxy) is 1. The van der Waals surface area contributed by atoms with Gasteiger partial charge < -0.3 is 15.4 Å². The first-order valence-corrected chi connectivity index (χ1v) is 10.3. The molecule has 1 aliphatic heterocycles. The van der Waals surface area contributed by atoms with E-state index in [1.54, 1.807) is 25.4 Å². The van der Waals surface area contributed by atoms with Gasteiger partial charge in [0, 0.05) is 30.8 Å². The third-order valence-corrected chi connectivity index (χ3v) is 5.67. The van der Waals surface area contributed by atoms with E-state index in [0.717, 1.165) is 47.5 Å². The lowest BCUT2D eigenvalue weighted by Crippen LogP contribution is -2.40. The normalized spacial score (nSPS) is 16.2. The van der Waals surface area contributed by atoms with E-state index in [1.807, 2.05) is 29.2 Å². The molecule has 7 heteroatoms. The zero-order valence-corrected chi connectivity index (χ0v) is 17.4. The number of amides is 1. The number of carbonyl (C=O) groups excluding carboxylic acids is 1. The summed E-state index contributed by atoms with van der Waals surface area (Å²) in [5.74, 6) is 0.792. The Labute approximate surface area is 180 Å². The number of halogens is 1. The molecule has 0 radical (unpaired) electrons. The molecule has 0 bridgehead atoms. The van der Waals surface area contributed by atoms with Crippen LogP contribution in [0.5, 0.6) is 5.75 Å². The molecule has 0 aliphatic carbocycles. The first-order chi connectivity index (χ1) is 15.0. The summed E-state index contributed by atoms with van der Waals surface area (Å²) in [6.45, 7) is 1.29. The Morgan fingerprint density at radius 3 is 2.65 bits per heavy atom. The molecule has 0 saturated carbocycles. The average molecular weight is 420 g/mol. The van der Waals surface area contributed by atoms with E-state index in [9.17, 15) is 9.18 Å². The molecule has 6 nitrogen and oxygen atoms in total. The number of benzene rings is 2. The summed E-state index contributed by atoms with van der Waals surface area (Å²) in [4.78, 5) is 23.5. The van der Waals surface area contributed by atoms with Gasteiger partial charge in [0.25, 0.3) is 0 Å². The molecule has 4 rings (SSSR count). The van der Waals surface area contributed by atoms with Crippen LogP contribution in [0.15, 0.2) is 54.7 Å². The van der Waals surface area contributed by atoms with E-state index < -0.39 is 0 Å². The molecule has 1 fully saturated rings. The molecule has 3 aromatic rings. The lowest BCUT2D eigenvalue weighted by Gasteiger charge is -2.33. The molecule has 1 aliphatic rings. The first-order valence-electron chi connectivity index (χ1n) is 10.3. The van der Waals surface area contributed by atoms with Crippen molar-refractivity contribution in [3.63, 3.8) is 0 Å². The lowest BCUT2D eigenvalue weighted by molar-refractivity contribution is -0.131. The van der Waals surface area contributed by atoms with Crippen LogP contribution in [-0.2, 0) is 11.2 Å². The number of hydrogen-bond acceptors (Lipinski definition) is 5. The van der Waals surface area contributed by atoms with Crippen LogP contribution in [0.4, 0.5) is 10.3 Å². The number of piperidine rings is 1. The Hall–Kier alpha value is -3.48. The number of anilines is 1. The van der Waals surface area contributed by atoms with Gasteiger partial charge in [0.05, 0.1) is 19.2 Å². The summed E-state index contributed by atoms with van der Waals surface area (Å²) >= 11 is 0. The second-order valence-corrected chi connectivity index (χ2v) is 7.74. The highest BCUT2D eigenvalue weighted by atomic mass is 19.1. The molecule has 1 aromatic heterocycles. The molecular formula is C24H25FN4O2. The van der Waals surface area contributed by atoms with Crippen molar-refractivity contribution in [2.75, 3.05) is 25.9 Å². The van der Waals surface area contributed by atoms with E-state index in [-0.39, 0.29) is 23.6 Å². The summed E-state index contributed by atoms with van der Waals surface area (Å²) in [5, 5.41) is 0. The largest absolute Gasteiger partial charge is 0.497 e. The minimum Gasteiger partial charge on any atom is -0.497 e. The van der Waals surface area contributed by atoms with Crippen LogP contribution >= 0.6 is 0 Å².